The third kappa shape index (κ3) is 6.44. The summed E-state index contributed by atoms with van der Waals surface area (Å²) in [5.41, 5.74) is 4.53. The Hall–Kier alpha value is -1.98. The maximum absolute atomic E-state index is 11.4. The molecule has 2 aromatic rings. The Balaban J connectivity index is 1.84. The van der Waals surface area contributed by atoms with Crippen LogP contribution in [-0.2, 0) is 15.8 Å². The first-order valence-electron chi connectivity index (χ1n) is 7.94. The summed E-state index contributed by atoms with van der Waals surface area (Å²) in [7, 11) is -4.46. The van der Waals surface area contributed by atoms with Crippen LogP contribution in [0.4, 0.5) is 0 Å². The summed E-state index contributed by atoms with van der Waals surface area (Å²) in [6.45, 7) is 2.07. The molecule has 0 radical (unpaired) electrons. The molecule has 0 aliphatic heterocycles. The molecule has 1 amide bonds. The van der Waals surface area contributed by atoms with Crippen molar-refractivity contribution in [2.75, 3.05) is 12.7 Å². The van der Waals surface area contributed by atoms with Gasteiger partial charge in [-0.15, -0.1) is 0 Å². The molecule has 134 valence electrons. The molecule has 6 nitrogen and oxygen atoms in total. The number of hydroxylamine groups is 2. The lowest BCUT2D eigenvalue weighted by molar-refractivity contribution is -0.162. The van der Waals surface area contributed by atoms with E-state index in [1.807, 2.05) is 31.2 Å². The van der Waals surface area contributed by atoms with Gasteiger partial charge in [0, 0.05) is 6.54 Å². The van der Waals surface area contributed by atoms with Gasteiger partial charge in [0.2, 0.25) is 0 Å². The minimum atomic E-state index is -4.46. The van der Waals surface area contributed by atoms with E-state index in [9.17, 15) is 14.6 Å². The van der Waals surface area contributed by atoms with Crippen LogP contribution in [0, 0.1) is 6.92 Å². The monoisotopic (exact) mass is 363 g/mol. The number of hydrogen-bond acceptors (Lipinski definition) is 3. The van der Waals surface area contributed by atoms with Crippen molar-refractivity contribution in [2.24, 2.45) is 0 Å². The van der Waals surface area contributed by atoms with E-state index < -0.39 is 19.7 Å². The molecular formula is C18H22NO5P. The molecular weight excluding hydrogens is 341 g/mol. The van der Waals surface area contributed by atoms with Gasteiger partial charge < -0.3 is 9.79 Å². The van der Waals surface area contributed by atoms with E-state index in [0.717, 1.165) is 16.7 Å². The van der Waals surface area contributed by atoms with E-state index in [1.54, 1.807) is 0 Å². The van der Waals surface area contributed by atoms with E-state index in [0.29, 0.717) is 17.9 Å². The second-order valence-corrected chi connectivity index (χ2v) is 7.65. The summed E-state index contributed by atoms with van der Waals surface area (Å²) in [6.07, 6.45) is 0.163. The number of amides is 1. The molecule has 0 aliphatic rings. The highest BCUT2D eigenvalue weighted by molar-refractivity contribution is 7.52. The second-order valence-electron chi connectivity index (χ2n) is 6.01. The Kier molecular flexibility index (Phi) is 6.51. The number of aryl methyl sites for hydroxylation is 2. The molecule has 0 heterocycles. The van der Waals surface area contributed by atoms with Gasteiger partial charge in [-0.05, 0) is 36.5 Å². The Morgan fingerprint density at radius 1 is 1.00 bits per heavy atom. The van der Waals surface area contributed by atoms with Crippen molar-refractivity contribution in [3.63, 3.8) is 0 Å². The van der Waals surface area contributed by atoms with Gasteiger partial charge in [0.05, 0.1) is 0 Å². The molecule has 0 aromatic heterocycles. The molecule has 0 spiro atoms. The van der Waals surface area contributed by atoms with Crippen molar-refractivity contribution < 1.29 is 24.4 Å². The fraction of sp³-hybridized carbons (Fsp3) is 0.278. The first-order chi connectivity index (χ1) is 11.7. The first kappa shape index (κ1) is 19.3. The quantitative estimate of drug-likeness (QED) is 0.399. The molecule has 25 heavy (non-hydrogen) atoms. The number of carbonyl (C=O) groups is 1. The Bertz CT molecular complexity index is 752. The molecule has 0 bridgehead atoms. The molecule has 0 aliphatic carbocycles. The maximum Gasteiger partial charge on any atom is 0.335 e. The highest BCUT2D eigenvalue weighted by atomic mass is 31.2. The van der Waals surface area contributed by atoms with Crippen LogP contribution in [0.25, 0.3) is 11.1 Å². The molecule has 3 N–H and O–H groups in total. The van der Waals surface area contributed by atoms with Gasteiger partial charge in [-0.3, -0.25) is 14.6 Å². The number of hydrogen-bond donors (Lipinski definition) is 3. The molecule has 7 heteroatoms. The van der Waals surface area contributed by atoms with Gasteiger partial charge in [0.25, 0.3) is 5.91 Å². The summed E-state index contributed by atoms with van der Waals surface area (Å²) >= 11 is 0. The number of benzene rings is 2. The molecule has 2 aromatic carbocycles. The van der Waals surface area contributed by atoms with Crippen LogP contribution < -0.4 is 0 Å². The molecule has 0 unspecified atom stereocenters. The predicted octanol–water partition coefficient (Wildman–Crippen LogP) is 2.99. The fourth-order valence-electron chi connectivity index (χ4n) is 2.43. The third-order valence-electron chi connectivity index (χ3n) is 3.80. The van der Waals surface area contributed by atoms with Crippen LogP contribution in [0.5, 0.6) is 0 Å². The third-order valence-corrected chi connectivity index (χ3v) is 4.49. The van der Waals surface area contributed by atoms with E-state index in [1.165, 1.54) is 5.56 Å². The van der Waals surface area contributed by atoms with Gasteiger partial charge in [-0.2, -0.15) is 0 Å². The van der Waals surface area contributed by atoms with E-state index in [-0.39, 0.29) is 6.54 Å². The van der Waals surface area contributed by atoms with Crippen molar-refractivity contribution in [2.45, 2.75) is 19.8 Å². The van der Waals surface area contributed by atoms with Crippen LogP contribution in [0.1, 0.15) is 17.5 Å². The SMILES string of the molecule is Cc1ccc(-c2ccc(CCCN(O)C(=O)CP(=O)(O)O)cc2)cc1. The summed E-state index contributed by atoms with van der Waals surface area (Å²) in [5.74, 6) is -0.969. The van der Waals surface area contributed by atoms with E-state index in [4.69, 9.17) is 9.79 Å². The lowest BCUT2D eigenvalue weighted by Crippen LogP contribution is -2.31. The topological polar surface area (TPSA) is 98.1 Å². The summed E-state index contributed by atoms with van der Waals surface area (Å²) < 4.78 is 10.7. The average molecular weight is 363 g/mol. The smallest absolute Gasteiger partial charge is 0.324 e. The lowest BCUT2D eigenvalue weighted by Gasteiger charge is -2.15. The maximum atomic E-state index is 11.4. The van der Waals surface area contributed by atoms with Gasteiger partial charge >= 0.3 is 7.60 Å². The van der Waals surface area contributed by atoms with E-state index in [2.05, 4.69) is 24.3 Å². The highest BCUT2D eigenvalue weighted by Crippen LogP contribution is 2.34. The molecule has 0 saturated heterocycles. The van der Waals surface area contributed by atoms with Crippen LogP contribution in [-0.4, -0.2) is 38.7 Å². The summed E-state index contributed by atoms with van der Waals surface area (Å²) in [6, 6.07) is 16.3. The lowest BCUT2D eigenvalue weighted by atomic mass is 10.0. The Morgan fingerprint density at radius 2 is 1.52 bits per heavy atom. The van der Waals surface area contributed by atoms with E-state index >= 15 is 0 Å². The van der Waals surface area contributed by atoms with Crippen molar-refractivity contribution in [1.29, 1.82) is 0 Å². The van der Waals surface area contributed by atoms with Gasteiger partial charge in [-0.1, -0.05) is 54.1 Å². The molecule has 0 fully saturated rings. The molecule has 0 saturated carbocycles. The normalized spacial score (nSPS) is 11.4. The zero-order valence-electron chi connectivity index (χ0n) is 14.0. The van der Waals surface area contributed by atoms with Crippen LogP contribution >= 0.6 is 7.60 Å². The summed E-state index contributed by atoms with van der Waals surface area (Å²) in [5, 5.41) is 9.89. The number of carbonyl (C=O) groups excluding carboxylic acids is 1. The highest BCUT2D eigenvalue weighted by Gasteiger charge is 2.22. The first-order valence-corrected chi connectivity index (χ1v) is 9.74. The van der Waals surface area contributed by atoms with Crippen molar-refractivity contribution in [3.05, 3.63) is 59.7 Å². The van der Waals surface area contributed by atoms with Gasteiger partial charge in [0.15, 0.2) is 0 Å². The largest absolute Gasteiger partial charge is 0.335 e. The molecule has 0 atom stereocenters. The molecule has 2 rings (SSSR count). The fourth-order valence-corrected chi connectivity index (χ4v) is 2.94. The predicted molar refractivity (Wildman–Crippen MR) is 95.3 cm³/mol. The number of rotatable bonds is 7. The standard InChI is InChI=1S/C18H22NO5P/c1-14-4-8-16(9-5-14)17-10-6-15(7-11-17)3-2-12-19(21)18(20)13-25(22,23)24/h4-11,21H,2-3,12-13H2,1H3,(H2,22,23,24). The average Bonchev–Trinajstić information content (AvgIpc) is 2.54. The van der Waals surface area contributed by atoms with Crippen LogP contribution in [0.3, 0.4) is 0 Å². The zero-order chi connectivity index (χ0) is 18.4. The van der Waals surface area contributed by atoms with Crippen LogP contribution in [0.15, 0.2) is 48.5 Å². The minimum absolute atomic E-state index is 0.0263. The van der Waals surface area contributed by atoms with Gasteiger partial charge in [0.1, 0.15) is 6.16 Å². The number of nitrogens with zero attached hydrogens (tertiary/aromatic N) is 1. The van der Waals surface area contributed by atoms with Crippen LogP contribution in [0.2, 0.25) is 0 Å². The van der Waals surface area contributed by atoms with Crippen molar-refractivity contribution >= 4 is 13.5 Å². The zero-order valence-corrected chi connectivity index (χ0v) is 14.9. The Labute approximate surface area is 146 Å². The van der Waals surface area contributed by atoms with Crippen molar-refractivity contribution in [3.8, 4) is 11.1 Å². The Morgan fingerprint density at radius 3 is 2.04 bits per heavy atom. The second kappa shape index (κ2) is 8.41. The van der Waals surface area contributed by atoms with Crippen molar-refractivity contribution in [1.82, 2.24) is 5.06 Å². The van der Waals surface area contributed by atoms with Gasteiger partial charge in [-0.25, -0.2) is 5.06 Å². The summed E-state index contributed by atoms with van der Waals surface area (Å²) in [4.78, 5) is 28.9. The minimum Gasteiger partial charge on any atom is -0.324 e.